The van der Waals surface area contributed by atoms with Gasteiger partial charge in [-0.2, -0.15) is 0 Å². The van der Waals surface area contributed by atoms with Crippen LogP contribution in [0, 0.1) is 0 Å². The fourth-order valence-electron chi connectivity index (χ4n) is 3.37. The summed E-state index contributed by atoms with van der Waals surface area (Å²) in [6, 6.07) is 30.1. The first-order valence-corrected chi connectivity index (χ1v) is 8.70. The second-order valence-electron chi connectivity index (χ2n) is 6.24. The van der Waals surface area contributed by atoms with E-state index in [1.54, 1.807) is 0 Å². The molecule has 0 saturated carbocycles. The second kappa shape index (κ2) is 7.98. The number of hydrogen-bond acceptors (Lipinski definition) is 3. The number of carbonyl (C=O) groups excluding carboxylic acids is 1. The molecule has 0 radical (unpaired) electrons. The maximum Gasteiger partial charge on any atom is 0.322 e. The van der Waals surface area contributed by atoms with E-state index < -0.39 is 11.6 Å². The number of esters is 1. The van der Waals surface area contributed by atoms with Crippen LogP contribution < -0.4 is 5.32 Å². The average molecular weight is 345 g/mol. The van der Waals surface area contributed by atoms with Crippen molar-refractivity contribution in [2.75, 3.05) is 7.11 Å². The van der Waals surface area contributed by atoms with Crippen molar-refractivity contribution in [3.63, 3.8) is 0 Å². The van der Waals surface area contributed by atoms with Gasteiger partial charge in [0, 0.05) is 0 Å². The van der Waals surface area contributed by atoms with Gasteiger partial charge in [0.2, 0.25) is 0 Å². The molecule has 1 atom stereocenters. The van der Waals surface area contributed by atoms with Crippen molar-refractivity contribution in [3.8, 4) is 0 Å². The maximum atomic E-state index is 12.2. The standard InChI is InChI=1S/C23H23NO2/c1-18(22(25)26-2)24-23(19-12-6-3-7-13-19,20-14-8-4-9-15-20)21-16-10-5-11-17-21/h3-18,24H,1-2H3/t18-/m0/s1. The van der Waals surface area contributed by atoms with Gasteiger partial charge in [0.1, 0.15) is 6.04 Å². The predicted octanol–water partition coefficient (Wildman–Crippen LogP) is 4.13. The van der Waals surface area contributed by atoms with Crippen LogP contribution in [0.25, 0.3) is 0 Å². The van der Waals surface area contributed by atoms with Gasteiger partial charge in [-0.1, -0.05) is 91.0 Å². The van der Waals surface area contributed by atoms with E-state index in [4.69, 9.17) is 4.74 Å². The molecule has 0 saturated heterocycles. The van der Waals surface area contributed by atoms with E-state index in [9.17, 15) is 4.79 Å². The molecule has 1 N–H and O–H groups in total. The molecule has 0 heterocycles. The first-order valence-electron chi connectivity index (χ1n) is 8.70. The highest BCUT2D eigenvalue weighted by Gasteiger charge is 2.38. The Morgan fingerprint density at radius 2 is 1.12 bits per heavy atom. The molecule has 0 aliphatic rings. The van der Waals surface area contributed by atoms with E-state index >= 15 is 0 Å². The van der Waals surface area contributed by atoms with E-state index in [2.05, 4.69) is 41.7 Å². The molecule has 3 nitrogen and oxygen atoms in total. The van der Waals surface area contributed by atoms with Crippen molar-refractivity contribution < 1.29 is 9.53 Å². The molecule has 0 amide bonds. The van der Waals surface area contributed by atoms with Gasteiger partial charge in [-0.15, -0.1) is 0 Å². The lowest BCUT2D eigenvalue weighted by atomic mass is 9.76. The van der Waals surface area contributed by atoms with Crippen LogP contribution in [0.15, 0.2) is 91.0 Å². The van der Waals surface area contributed by atoms with Crippen molar-refractivity contribution in [2.45, 2.75) is 18.5 Å². The smallest absolute Gasteiger partial charge is 0.322 e. The van der Waals surface area contributed by atoms with Gasteiger partial charge in [-0.25, -0.2) is 0 Å². The maximum absolute atomic E-state index is 12.2. The topological polar surface area (TPSA) is 38.3 Å². The normalized spacial score (nSPS) is 12.4. The van der Waals surface area contributed by atoms with Crippen LogP contribution in [0.5, 0.6) is 0 Å². The van der Waals surface area contributed by atoms with Crippen LogP contribution in [0.3, 0.4) is 0 Å². The number of methoxy groups -OCH3 is 1. The van der Waals surface area contributed by atoms with Gasteiger partial charge in [0.15, 0.2) is 0 Å². The first kappa shape index (κ1) is 17.9. The van der Waals surface area contributed by atoms with Crippen LogP contribution in [-0.4, -0.2) is 19.1 Å². The molecule has 3 heteroatoms. The van der Waals surface area contributed by atoms with Crippen LogP contribution in [0.4, 0.5) is 0 Å². The summed E-state index contributed by atoms with van der Waals surface area (Å²) in [5, 5.41) is 3.56. The van der Waals surface area contributed by atoms with Crippen molar-refractivity contribution in [2.24, 2.45) is 0 Å². The molecule has 3 rings (SSSR count). The Kier molecular flexibility index (Phi) is 5.49. The van der Waals surface area contributed by atoms with Crippen molar-refractivity contribution in [1.82, 2.24) is 5.32 Å². The van der Waals surface area contributed by atoms with Crippen molar-refractivity contribution in [1.29, 1.82) is 0 Å². The summed E-state index contributed by atoms with van der Waals surface area (Å²) in [5.41, 5.74) is 2.52. The Morgan fingerprint density at radius 3 is 1.42 bits per heavy atom. The van der Waals surface area contributed by atoms with E-state index in [-0.39, 0.29) is 5.97 Å². The van der Waals surface area contributed by atoms with Gasteiger partial charge < -0.3 is 4.74 Å². The highest BCUT2D eigenvalue weighted by Crippen LogP contribution is 2.37. The number of benzene rings is 3. The van der Waals surface area contributed by atoms with E-state index in [1.165, 1.54) is 7.11 Å². The summed E-state index contributed by atoms with van der Waals surface area (Å²) in [6.07, 6.45) is 0. The molecule has 0 aliphatic heterocycles. The summed E-state index contributed by atoms with van der Waals surface area (Å²) >= 11 is 0. The minimum absolute atomic E-state index is 0.294. The lowest BCUT2D eigenvalue weighted by molar-refractivity contribution is -0.143. The molecule has 132 valence electrons. The van der Waals surface area contributed by atoms with Gasteiger partial charge >= 0.3 is 5.97 Å². The molecule has 0 aromatic heterocycles. The summed E-state index contributed by atoms with van der Waals surface area (Å²) < 4.78 is 4.96. The third-order valence-electron chi connectivity index (χ3n) is 4.61. The zero-order valence-electron chi connectivity index (χ0n) is 15.1. The third-order valence-corrected chi connectivity index (χ3v) is 4.61. The number of ether oxygens (including phenoxy) is 1. The summed E-state index contributed by atoms with van der Waals surface area (Å²) in [7, 11) is 1.41. The van der Waals surface area contributed by atoms with Gasteiger partial charge in [0.05, 0.1) is 12.6 Å². The first-order chi connectivity index (χ1) is 12.7. The molecule has 0 fully saturated rings. The molecule has 0 spiro atoms. The molecule has 0 unspecified atom stereocenters. The number of rotatable bonds is 6. The highest BCUT2D eigenvalue weighted by atomic mass is 16.5. The summed E-state index contributed by atoms with van der Waals surface area (Å²) in [5.74, 6) is -0.294. The van der Waals surface area contributed by atoms with Crippen LogP contribution >= 0.6 is 0 Å². The fourth-order valence-corrected chi connectivity index (χ4v) is 3.37. The average Bonchev–Trinajstić information content (AvgIpc) is 2.73. The molecule has 3 aromatic rings. The minimum Gasteiger partial charge on any atom is -0.468 e. The SMILES string of the molecule is COC(=O)[C@H](C)NC(c1ccccc1)(c1ccccc1)c1ccccc1. The molecule has 26 heavy (non-hydrogen) atoms. The Bertz CT molecular complexity index is 735. The second-order valence-corrected chi connectivity index (χ2v) is 6.24. The van der Waals surface area contributed by atoms with E-state index in [1.807, 2.05) is 61.5 Å². The summed E-state index contributed by atoms with van der Waals surface area (Å²) in [6.45, 7) is 1.83. The number of hydrogen-bond donors (Lipinski definition) is 1. The quantitative estimate of drug-likeness (QED) is 0.539. The van der Waals surface area contributed by atoms with Crippen LogP contribution in [0.1, 0.15) is 23.6 Å². The monoisotopic (exact) mass is 345 g/mol. The Morgan fingerprint density at radius 1 is 0.769 bits per heavy atom. The highest BCUT2D eigenvalue weighted by molar-refractivity contribution is 5.75. The summed E-state index contributed by atoms with van der Waals surface area (Å²) in [4.78, 5) is 12.2. The number of nitrogens with one attached hydrogen (secondary N) is 1. The Balaban J connectivity index is 2.26. The van der Waals surface area contributed by atoms with Gasteiger partial charge in [-0.05, 0) is 23.6 Å². The van der Waals surface area contributed by atoms with Crippen LogP contribution in [-0.2, 0) is 15.1 Å². The van der Waals surface area contributed by atoms with E-state index in [0.717, 1.165) is 16.7 Å². The fraction of sp³-hybridized carbons (Fsp3) is 0.174. The number of carbonyl (C=O) groups is 1. The van der Waals surface area contributed by atoms with Crippen molar-refractivity contribution >= 4 is 5.97 Å². The molecule has 0 aliphatic carbocycles. The van der Waals surface area contributed by atoms with Gasteiger partial charge in [0.25, 0.3) is 0 Å². The zero-order chi connectivity index (χ0) is 18.4. The van der Waals surface area contributed by atoms with Crippen LogP contribution in [0.2, 0.25) is 0 Å². The largest absolute Gasteiger partial charge is 0.468 e. The lowest BCUT2D eigenvalue weighted by Crippen LogP contribution is -2.51. The Hall–Kier alpha value is -2.91. The zero-order valence-corrected chi connectivity index (χ0v) is 15.1. The molecule has 3 aromatic carbocycles. The molecular formula is C23H23NO2. The third kappa shape index (κ3) is 3.39. The minimum atomic E-state index is -0.669. The molecular weight excluding hydrogens is 322 g/mol. The predicted molar refractivity (Wildman–Crippen MR) is 104 cm³/mol. The van der Waals surface area contributed by atoms with Gasteiger partial charge in [-0.3, -0.25) is 10.1 Å². The Labute approximate surface area is 154 Å². The molecule has 0 bridgehead atoms. The van der Waals surface area contributed by atoms with Crippen molar-refractivity contribution in [3.05, 3.63) is 108 Å². The lowest BCUT2D eigenvalue weighted by Gasteiger charge is -2.38. The van der Waals surface area contributed by atoms with E-state index in [0.29, 0.717) is 0 Å².